The fourth-order valence-electron chi connectivity index (χ4n) is 2.61. The number of ketones is 1. The number of nitrogens with two attached hydrogens (primary N) is 1. The Morgan fingerprint density at radius 3 is 2.54 bits per heavy atom. The highest BCUT2D eigenvalue weighted by Gasteiger charge is 2.51. The Morgan fingerprint density at radius 1 is 1.27 bits per heavy atom. The van der Waals surface area contributed by atoms with Crippen molar-refractivity contribution < 1.29 is 29.0 Å². The molecule has 1 aliphatic rings. The molecule has 26 heavy (non-hydrogen) atoms. The summed E-state index contributed by atoms with van der Waals surface area (Å²) >= 11 is 0. The van der Waals surface area contributed by atoms with E-state index in [1.807, 2.05) is 37.3 Å². The Bertz CT molecular complexity index is 636. The van der Waals surface area contributed by atoms with E-state index in [4.69, 9.17) is 20.3 Å². The lowest BCUT2D eigenvalue weighted by Gasteiger charge is -2.21. The average molecular weight is 364 g/mol. The van der Waals surface area contributed by atoms with Gasteiger partial charge < -0.3 is 25.6 Å². The molecule has 4 atom stereocenters. The number of carboxylic acids is 1. The van der Waals surface area contributed by atoms with Gasteiger partial charge in [0, 0.05) is 13.2 Å². The van der Waals surface area contributed by atoms with Gasteiger partial charge in [-0.2, -0.15) is 0 Å². The molecule has 0 radical (unpaired) electrons. The highest BCUT2D eigenvalue weighted by molar-refractivity contribution is 5.97. The largest absolute Gasteiger partial charge is 0.479 e. The van der Waals surface area contributed by atoms with Crippen LogP contribution in [-0.2, 0) is 30.3 Å². The molecule has 1 saturated heterocycles. The van der Waals surface area contributed by atoms with E-state index < -0.39 is 36.2 Å². The molecule has 0 aromatic heterocycles. The van der Waals surface area contributed by atoms with Crippen molar-refractivity contribution in [1.29, 1.82) is 0 Å². The lowest BCUT2D eigenvalue weighted by Crippen LogP contribution is -2.50. The van der Waals surface area contributed by atoms with Crippen LogP contribution in [0.15, 0.2) is 30.3 Å². The van der Waals surface area contributed by atoms with Crippen LogP contribution in [0.3, 0.4) is 0 Å². The van der Waals surface area contributed by atoms with Gasteiger partial charge >= 0.3 is 5.97 Å². The van der Waals surface area contributed by atoms with Crippen LogP contribution in [0.5, 0.6) is 0 Å². The third-order valence-corrected chi connectivity index (χ3v) is 4.07. The number of hydrogen-bond acceptors (Lipinski definition) is 6. The number of aliphatic carboxylic acids is 1. The summed E-state index contributed by atoms with van der Waals surface area (Å²) in [5.74, 6) is -2.16. The minimum Gasteiger partial charge on any atom is -0.479 e. The van der Waals surface area contributed by atoms with Crippen molar-refractivity contribution in [2.24, 2.45) is 5.73 Å². The summed E-state index contributed by atoms with van der Waals surface area (Å²) in [6, 6.07) is 7.68. The van der Waals surface area contributed by atoms with E-state index in [0.717, 1.165) is 5.56 Å². The van der Waals surface area contributed by atoms with Gasteiger partial charge in [-0.05, 0) is 25.3 Å². The first kappa shape index (κ1) is 20.0. The lowest BCUT2D eigenvalue weighted by atomic mass is 9.97. The molecule has 1 fully saturated rings. The van der Waals surface area contributed by atoms with E-state index >= 15 is 0 Å². The number of Topliss-reactive ketones (excluding diaryl/α,β-unsaturated/α-hetero) is 1. The molecule has 2 rings (SSSR count). The topological polar surface area (TPSA) is 131 Å². The summed E-state index contributed by atoms with van der Waals surface area (Å²) in [5, 5.41) is 11.4. The molecule has 1 aliphatic heterocycles. The smallest absolute Gasteiger partial charge is 0.336 e. The number of benzene rings is 1. The predicted octanol–water partition coefficient (Wildman–Crippen LogP) is -0.111. The van der Waals surface area contributed by atoms with Gasteiger partial charge in [0.25, 0.3) is 5.91 Å². The summed E-state index contributed by atoms with van der Waals surface area (Å²) in [7, 11) is 0. The first-order valence-corrected chi connectivity index (χ1v) is 8.53. The van der Waals surface area contributed by atoms with Crippen LogP contribution in [0.1, 0.15) is 18.9 Å². The van der Waals surface area contributed by atoms with Crippen LogP contribution >= 0.6 is 0 Å². The number of rotatable bonds is 11. The van der Waals surface area contributed by atoms with Crippen molar-refractivity contribution in [3.8, 4) is 0 Å². The van der Waals surface area contributed by atoms with Crippen LogP contribution in [0.25, 0.3) is 0 Å². The zero-order valence-corrected chi connectivity index (χ0v) is 14.6. The maximum atomic E-state index is 12.7. The van der Waals surface area contributed by atoms with Crippen LogP contribution in [0.4, 0.5) is 0 Å². The van der Waals surface area contributed by atoms with Gasteiger partial charge in [0.2, 0.25) is 0 Å². The normalized spacial score (nSPS) is 20.8. The summed E-state index contributed by atoms with van der Waals surface area (Å²) in [4.78, 5) is 35.6. The summed E-state index contributed by atoms with van der Waals surface area (Å²) in [5.41, 5.74) is 6.95. The molecule has 4 N–H and O–H groups in total. The van der Waals surface area contributed by atoms with Crippen LogP contribution < -0.4 is 11.1 Å². The molecule has 0 aliphatic carbocycles. The standard InChI is InChI=1S/C18H24N2O6/c1-2-25-9-8-13(20-17(22)15-16(26-15)18(23)24)14(21)12(19)10-11-6-4-3-5-7-11/h3-7,12-13,15-16H,2,8-10,19H2,1H3,(H,20,22)(H,23,24)/t12-,13?,15-,16-/m0/s1. The minimum absolute atomic E-state index is 0.255. The Hall–Kier alpha value is -2.29. The summed E-state index contributed by atoms with van der Waals surface area (Å²) in [6.07, 6.45) is -1.63. The number of epoxide rings is 1. The second-order valence-electron chi connectivity index (χ2n) is 6.06. The summed E-state index contributed by atoms with van der Waals surface area (Å²) < 4.78 is 10.1. The first-order chi connectivity index (χ1) is 12.4. The number of carbonyl (C=O) groups is 3. The second-order valence-corrected chi connectivity index (χ2v) is 6.06. The van der Waals surface area contributed by atoms with Gasteiger partial charge in [0.05, 0.1) is 12.1 Å². The first-order valence-electron chi connectivity index (χ1n) is 8.53. The molecule has 8 heteroatoms. The van der Waals surface area contributed by atoms with Crippen molar-refractivity contribution in [2.75, 3.05) is 13.2 Å². The molecule has 1 unspecified atom stereocenters. The number of carboxylic acid groups (broad SMARTS) is 1. The van der Waals surface area contributed by atoms with Crippen molar-refractivity contribution in [1.82, 2.24) is 5.32 Å². The molecule has 0 spiro atoms. The molecule has 0 bridgehead atoms. The number of amides is 1. The zero-order valence-electron chi connectivity index (χ0n) is 14.6. The Balaban J connectivity index is 1.97. The van der Waals surface area contributed by atoms with Gasteiger partial charge in [-0.1, -0.05) is 30.3 Å². The highest BCUT2D eigenvalue weighted by Crippen LogP contribution is 2.22. The third kappa shape index (κ3) is 5.62. The van der Waals surface area contributed by atoms with E-state index in [1.165, 1.54) is 0 Å². The maximum absolute atomic E-state index is 12.7. The van der Waals surface area contributed by atoms with Gasteiger partial charge in [-0.3, -0.25) is 9.59 Å². The Kier molecular flexibility index (Phi) is 7.26. The molecule has 1 heterocycles. The molecule has 1 aromatic carbocycles. The van der Waals surface area contributed by atoms with Gasteiger partial charge in [-0.25, -0.2) is 4.79 Å². The van der Waals surface area contributed by atoms with Crippen LogP contribution in [-0.4, -0.2) is 60.3 Å². The number of carbonyl (C=O) groups excluding carboxylic acids is 2. The van der Waals surface area contributed by atoms with E-state index in [9.17, 15) is 14.4 Å². The quantitative estimate of drug-likeness (QED) is 0.369. The SMILES string of the molecule is CCOCCC(NC(=O)[C@H]1O[C@@H]1C(=O)O)C(=O)[C@@H](N)Cc1ccccc1. The van der Waals surface area contributed by atoms with Crippen molar-refractivity contribution in [2.45, 2.75) is 44.1 Å². The lowest BCUT2D eigenvalue weighted by molar-refractivity contribution is -0.138. The molecule has 142 valence electrons. The van der Waals surface area contributed by atoms with Gasteiger partial charge in [0.1, 0.15) is 0 Å². The van der Waals surface area contributed by atoms with Crippen molar-refractivity contribution >= 4 is 17.7 Å². The van der Waals surface area contributed by atoms with E-state index in [0.29, 0.717) is 13.0 Å². The zero-order chi connectivity index (χ0) is 19.1. The summed E-state index contributed by atoms with van der Waals surface area (Å²) in [6.45, 7) is 2.59. The molecule has 1 amide bonds. The second kappa shape index (κ2) is 9.42. The highest BCUT2D eigenvalue weighted by atomic mass is 16.6. The minimum atomic E-state index is -1.21. The molecule has 0 saturated carbocycles. The van der Waals surface area contributed by atoms with E-state index in [2.05, 4.69) is 5.32 Å². The maximum Gasteiger partial charge on any atom is 0.336 e. The van der Waals surface area contributed by atoms with Gasteiger partial charge in [-0.15, -0.1) is 0 Å². The van der Waals surface area contributed by atoms with Crippen LogP contribution in [0, 0.1) is 0 Å². The third-order valence-electron chi connectivity index (χ3n) is 4.07. The van der Waals surface area contributed by atoms with Crippen molar-refractivity contribution in [3.05, 3.63) is 35.9 Å². The number of nitrogens with one attached hydrogen (secondary N) is 1. The van der Waals surface area contributed by atoms with Gasteiger partial charge in [0.15, 0.2) is 18.0 Å². The average Bonchev–Trinajstić information content (AvgIpc) is 3.42. The molecular weight excluding hydrogens is 340 g/mol. The predicted molar refractivity (Wildman–Crippen MR) is 92.5 cm³/mol. The van der Waals surface area contributed by atoms with E-state index in [1.54, 1.807) is 0 Å². The Morgan fingerprint density at radius 2 is 1.96 bits per heavy atom. The Labute approximate surface area is 151 Å². The fourth-order valence-corrected chi connectivity index (χ4v) is 2.61. The molecule has 8 nitrogen and oxygen atoms in total. The van der Waals surface area contributed by atoms with E-state index in [-0.39, 0.29) is 18.8 Å². The number of ether oxygens (including phenoxy) is 2. The number of hydrogen-bond donors (Lipinski definition) is 3. The van der Waals surface area contributed by atoms with Crippen molar-refractivity contribution in [3.63, 3.8) is 0 Å². The molecule has 1 aromatic rings. The fraction of sp³-hybridized carbons (Fsp3) is 0.500. The monoisotopic (exact) mass is 364 g/mol. The molecular formula is C18H24N2O6. The van der Waals surface area contributed by atoms with Crippen LogP contribution in [0.2, 0.25) is 0 Å².